The summed E-state index contributed by atoms with van der Waals surface area (Å²) in [5.74, 6) is -2.22. The Morgan fingerprint density at radius 2 is 1.75 bits per heavy atom. The van der Waals surface area contributed by atoms with E-state index < -0.39 is 17.6 Å². The van der Waals surface area contributed by atoms with E-state index in [0.29, 0.717) is 0 Å². The number of nitrogens with zero attached hydrogens (tertiary/aromatic N) is 2. The third-order valence-corrected chi connectivity index (χ3v) is 4.02. The molecule has 0 atom stereocenters. The molecular weight excluding hydrogens is 311 g/mol. The van der Waals surface area contributed by atoms with E-state index >= 15 is 0 Å². The van der Waals surface area contributed by atoms with E-state index in [4.69, 9.17) is 0 Å². The Kier molecular flexibility index (Phi) is 4.12. The number of halogens is 1. The average molecular weight is 326 g/mol. The van der Waals surface area contributed by atoms with Crippen molar-refractivity contribution in [2.45, 2.75) is 6.42 Å². The fourth-order valence-corrected chi connectivity index (χ4v) is 2.67. The van der Waals surface area contributed by atoms with Gasteiger partial charge in [0.25, 0.3) is 11.8 Å². The number of rotatable bonds is 4. The lowest BCUT2D eigenvalue weighted by atomic mass is 10.1. The van der Waals surface area contributed by atoms with Gasteiger partial charge < -0.3 is 4.90 Å². The molecule has 0 N–H and O–H groups in total. The Hall–Kier alpha value is -3.02. The molecule has 0 aliphatic carbocycles. The van der Waals surface area contributed by atoms with Gasteiger partial charge in [-0.1, -0.05) is 24.3 Å². The van der Waals surface area contributed by atoms with Crippen molar-refractivity contribution in [2.75, 3.05) is 18.5 Å². The number of hydrogen-bond acceptors (Lipinski definition) is 3. The predicted octanol–water partition coefficient (Wildman–Crippen LogP) is 2.47. The highest BCUT2D eigenvalue weighted by Crippen LogP contribution is 2.25. The van der Waals surface area contributed by atoms with Crippen molar-refractivity contribution in [3.8, 4) is 0 Å². The molecule has 0 saturated carbocycles. The van der Waals surface area contributed by atoms with E-state index in [9.17, 15) is 18.8 Å². The molecule has 5 nitrogen and oxygen atoms in total. The third kappa shape index (κ3) is 2.67. The second-order valence-corrected chi connectivity index (χ2v) is 5.46. The van der Waals surface area contributed by atoms with E-state index in [1.807, 2.05) is 18.2 Å². The van der Waals surface area contributed by atoms with Gasteiger partial charge in [0.2, 0.25) is 5.91 Å². The summed E-state index contributed by atoms with van der Waals surface area (Å²) in [7, 11) is 1.62. The zero-order chi connectivity index (χ0) is 17.3. The third-order valence-electron chi connectivity index (χ3n) is 4.02. The van der Waals surface area contributed by atoms with Crippen molar-refractivity contribution in [1.29, 1.82) is 0 Å². The SMILES string of the molecule is CN(C(=O)CCN1C(=O)c2cccc(F)c2C1=O)c1ccccc1. The maximum Gasteiger partial charge on any atom is 0.264 e. The molecule has 6 heteroatoms. The van der Waals surface area contributed by atoms with Crippen LogP contribution in [0.25, 0.3) is 0 Å². The average Bonchev–Trinajstić information content (AvgIpc) is 2.85. The molecule has 1 aliphatic heterocycles. The summed E-state index contributed by atoms with van der Waals surface area (Å²) in [5.41, 5.74) is 0.547. The van der Waals surface area contributed by atoms with Crippen molar-refractivity contribution in [2.24, 2.45) is 0 Å². The van der Waals surface area contributed by atoms with Gasteiger partial charge >= 0.3 is 0 Å². The molecule has 0 aromatic heterocycles. The number of amides is 3. The maximum atomic E-state index is 13.8. The van der Waals surface area contributed by atoms with Crippen molar-refractivity contribution < 1.29 is 18.8 Å². The summed E-state index contributed by atoms with van der Waals surface area (Å²) in [6.07, 6.45) is -0.0293. The summed E-state index contributed by atoms with van der Waals surface area (Å²) < 4.78 is 13.8. The zero-order valence-corrected chi connectivity index (χ0v) is 13.0. The molecule has 3 rings (SSSR count). The van der Waals surface area contributed by atoms with Crippen LogP contribution in [0.15, 0.2) is 48.5 Å². The first-order valence-electron chi connectivity index (χ1n) is 7.47. The second kappa shape index (κ2) is 6.23. The molecule has 0 radical (unpaired) electrons. The molecule has 2 aromatic carbocycles. The Balaban J connectivity index is 1.70. The standard InChI is InChI=1S/C18H15FN2O3/c1-20(12-6-3-2-4-7-12)15(22)10-11-21-17(23)13-8-5-9-14(19)16(13)18(21)24/h2-9H,10-11H2,1H3. The van der Waals surface area contributed by atoms with Crippen LogP contribution in [0.3, 0.4) is 0 Å². The summed E-state index contributed by atoms with van der Waals surface area (Å²) in [6, 6.07) is 13.0. The van der Waals surface area contributed by atoms with Gasteiger partial charge in [-0.15, -0.1) is 0 Å². The smallest absolute Gasteiger partial charge is 0.264 e. The predicted molar refractivity (Wildman–Crippen MR) is 86.2 cm³/mol. The van der Waals surface area contributed by atoms with E-state index in [-0.39, 0.29) is 30.0 Å². The molecule has 0 spiro atoms. The lowest BCUT2D eigenvalue weighted by molar-refractivity contribution is -0.118. The Bertz CT molecular complexity index is 820. The quantitative estimate of drug-likeness (QED) is 0.811. The Labute approximate surface area is 138 Å². The fraction of sp³-hybridized carbons (Fsp3) is 0.167. The summed E-state index contributed by atoms with van der Waals surface area (Å²) in [4.78, 5) is 39.1. The van der Waals surface area contributed by atoms with E-state index in [0.717, 1.165) is 16.7 Å². The minimum atomic E-state index is -0.721. The number of imide groups is 1. The lowest BCUT2D eigenvalue weighted by Gasteiger charge is -2.19. The normalized spacial score (nSPS) is 13.2. The second-order valence-electron chi connectivity index (χ2n) is 5.46. The molecule has 1 aliphatic rings. The molecule has 24 heavy (non-hydrogen) atoms. The highest BCUT2D eigenvalue weighted by Gasteiger charge is 2.37. The summed E-state index contributed by atoms with van der Waals surface area (Å²) >= 11 is 0. The Morgan fingerprint density at radius 3 is 2.42 bits per heavy atom. The van der Waals surface area contributed by atoms with Crippen molar-refractivity contribution in [3.63, 3.8) is 0 Å². The van der Waals surface area contributed by atoms with Crippen LogP contribution in [-0.2, 0) is 4.79 Å². The van der Waals surface area contributed by atoms with Crippen LogP contribution in [0, 0.1) is 5.82 Å². The number of carbonyl (C=O) groups excluding carboxylic acids is 3. The number of carbonyl (C=O) groups is 3. The van der Waals surface area contributed by atoms with Gasteiger partial charge in [0.1, 0.15) is 5.82 Å². The van der Waals surface area contributed by atoms with Crippen LogP contribution in [0.5, 0.6) is 0 Å². The van der Waals surface area contributed by atoms with Gasteiger partial charge in [0.05, 0.1) is 11.1 Å². The zero-order valence-electron chi connectivity index (χ0n) is 13.0. The van der Waals surface area contributed by atoms with Crippen LogP contribution in [-0.4, -0.2) is 36.2 Å². The first-order chi connectivity index (χ1) is 11.5. The molecule has 0 bridgehead atoms. The molecule has 122 valence electrons. The number of para-hydroxylation sites is 1. The molecule has 0 fully saturated rings. The first-order valence-corrected chi connectivity index (χ1v) is 7.47. The van der Waals surface area contributed by atoms with Gasteiger partial charge in [0.15, 0.2) is 0 Å². The van der Waals surface area contributed by atoms with Gasteiger partial charge in [-0.3, -0.25) is 19.3 Å². The van der Waals surface area contributed by atoms with Crippen LogP contribution in [0.4, 0.5) is 10.1 Å². The minimum absolute atomic E-state index is 0.0293. The number of hydrogen-bond donors (Lipinski definition) is 0. The lowest BCUT2D eigenvalue weighted by Crippen LogP contribution is -2.35. The highest BCUT2D eigenvalue weighted by molar-refractivity contribution is 6.21. The van der Waals surface area contributed by atoms with Crippen LogP contribution in [0.2, 0.25) is 0 Å². The van der Waals surface area contributed by atoms with Gasteiger partial charge in [-0.05, 0) is 24.3 Å². The first kappa shape index (κ1) is 15.9. The molecule has 0 saturated heterocycles. The van der Waals surface area contributed by atoms with E-state index in [1.54, 1.807) is 19.2 Å². The topological polar surface area (TPSA) is 57.7 Å². The van der Waals surface area contributed by atoms with Crippen LogP contribution < -0.4 is 4.90 Å². The summed E-state index contributed by atoms with van der Waals surface area (Å²) in [6.45, 7) is -0.0816. The number of anilines is 1. The molecule has 1 heterocycles. The number of fused-ring (bicyclic) bond motifs is 1. The van der Waals surface area contributed by atoms with Gasteiger partial charge in [0, 0.05) is 25.7 Å². The molecule has 0 unspecified atom stereocenters. The van der Waals surface area contributed by atoms with Crippen molar-refractivity contribution >= 4 is 23.4 Å². The van der Waals surface area contributed by atoms with E-state index in [1.165, 1.54) is 17.0 Å². The van der Waals surface area contributed by atoms with Gasteiger partial charge in [-0.25, -0.2) is 4.39 Å². The van der Waals surface area contributed by atoms with Crippen LogP contribution >= 0.6 is 0 Å². The van der Waals surface area contributed by atoms with Crippen LogP contribution in [0.1, 0.15) is 27.1 Å². The molecular formula is C18H15FN2O3. The monoisotopic (exact) mass is 326 g/mol. The Morgan fingerprint density at radius 1 is 1.04 bits per heavy atom. The summed E-state index contributed by atoms with van der Waals surface area (Å²) in [5, 5.41) is 0. The fourth-order valence-electron chi connectivity index (χ4n) is 2.67. The van der Waals surface area contributed by atoms with E-state index in [2.05, 4.69) is 0 Å². The maximum absolute atomic E-state index is 13.8. The number of benzene rings is 2. The molecule has 2 aromatic rings. The largest absolute Gasteiger partial charge is 0.315 e. The van der Waals surface area contributed by atoms with Crippen molar-refractivity contribution in [3.05, 3.63) is 65.5 Å². The molecule has 3 amide bonds. The minimum Gasteiger partial charge on any atom is -0.315 e. The van der Waals surface area contributed by atoms with Gasteiger partial charge in [-0.2, -0.15) is 0 Å². The highest BCUT2D eigenvalue weighted by atomic mass is 19.1. The van der Waals surface area contributed by atoms with Crippen molar-refractivity contribution in [1.82, 2.24) is 4.90 Å².